The first-order valence-electron chi connectivity index (χ1n) is 9.30. The molecule has 7 nitrogen and oxygen atoms in total. The van der Waals surface area contributed by atoms with Crippen LogP contribution in [0.4, 0.5) is 5.69 Å². The number of aliphatic imine (C=N–C) groups is 1. The summed E-state index contributed by atoms with van der Waals surface area (Å²) in [6.45, 7) is 0.147. The Balaban J connectivity index is 1.46. The van der Waals surface area contributed by atoms with Gasteiger partial charge in [0.2, 0.25) is 6.79 Å². The van der Waals surface area contributed by atoms with E-state index in [1.165, 1.54) is 11.8 Å². The maximum atomic E-state index is 12.6. The molecule has 2 atom stereocenters. The van der Waals surface area contributed by atoms with E-state index in [2.05, 4.69) is 4.99 Å². The van der Waals surface area contributed by atoms with Crippen molar-refractivity contribution in [2.75, 3.05) is 23.2 Å². The van der Waals surface area contributed by atoms with Crippen molar-refractivity contribution in [1.29, 1.82) is 0 Å². The molecule has 1 amide bonds. The van der Waals surface area contributed by atoms with Gasteiger partial charge in [-0.3, -0.25) is 4.79 Å². The molecule has 2 fully saturated rings. The van der Waals surface area contributed by atoms with E-state index in [1.807, 2.05) is 11.0 Å². The third-order valence-corrected chi connectivity index (χ3v) is 8.65. The molecule has 156 valence electrons. The van der Waals surface area contributed by atoms with Gasteiger partial charge >= 0.3 is 0 Å². The van der Waals surface area contributed by atoms with Crippen LogP contribution in [-0.4, -0.2) is 49.1 Å². The lowest BCUT2D eigenvalue weighted by molar-refractivity contribution is -0.117. The molecule has 0 N–H and O–H groups in total. The molecular formula is C20H17ClN2O5S2. The molecule has 0 aromatic heterocycles. The average Bonchev–Trinajstić information content (AvgIpc) is 3.34. The first-order chi connectivity index (χ1) is 14.4. The van der Waals surface area contributed by atoms with E-state index in [1.54, 1.807) is 36.4 Å². The summed E-state index contributed by atoms with van der Waals surface area (Å²) in [5, 5.41) is 0.951. The molecule has 2 aromatic rings. The van der Waals surface area contributed by atoms with Gasteiger partial charge in [0.15, 0.2) is 26.5 Å². The number of benzene rings is 2. The minimum atomic E-state index is -3.13. The number of amides is 1. The topological polar surface area (TPSA) is 85.3 Å². The lowest BCUT2D eigenvalue weighted by Crippen LogP contribution is -2.37. The van der Waals surface area contributed by atoms with Crippen molar-refractivity contribution in [3.63, 3.8) is 0 Å². The largest absolute Gasteiger partial charge is 0.454 e. The first kappa shape index (κ1) is 19.7. The van der Waals surface area contributed by atoms with Crippen LogP contribution in [-0.2, 0) is 21.1 Å². The zero-order valence-corrected chi connectivity index (χ0v) is 18.0. The maximum absolute atomic E-state index is 12.6. The highest BCUT2D eigenvalue weighted by Gasteiger charge is 2.49. The predicted octanol–water partition coefficient (Wildman–Crippen LogP) is 2.91. The summed E-state index contributed by atoms with van der Waals surface area (Å²) in [4.78, 5) is 18.8. The van der Waals surface area contributed by atoms with Gasteiger partial charge in [-0.1, -0.05) is 35.5 Å². The number of hydrogen-bond donors (Lipinski definition) is 0. The Morgan fingerprint density at radius 3 is 2.70 bits per heavy atom. The number of hydrogen-bond acceptors (Lipinski definition) is 6. The van der Waals surface area contributed by atoms with Crippen molar-refractivity contribution >= 4 is 50.0 Å². The number of rotatable bonds is 3. The standard InChI is InChI=1S/C20H17ClN2O5S2/c21-13-3-1-12(2-4-13)7-19(24)22-20-23(15-9-30(25,26)10-18(15)29-20)14-5-6-16-17(8-14)28-11-27-16/h1-6,8,15,18H,7,9-11H2. The average molecular weight is 465 g/mol. The fourth-order valence-electron chi connectivity index (χ4n) is 3.82. The van der Waals surface area contributed by atoms with Crippen molar-refractivity contribution < 1.29 is 22.7 Å². The van der Waals surface area contributed by atoms with Crippen LogP contribution in [0.3, 0.4) is 0 Å². The number of carbonyl (C=O) groups is 1. The maximum Gasteiger partial charge on any atom is 0.252 e. The summed E-state index contributed by atoms with van der Waals surface area (Å²) in [5.74, 6) is 1.04. The Morgan fingerprint density at radius 1 is 1.13 bits per heavy atom. The summed E-state index contributed by atoms with van der Waals surface area (Å²) < 4.78 is 35.2. The molecule has 3 aliphatic heterocycles. The van der Waals surface area contributed by atoms with Gasteiger partial charge in [-0.2, -0.15) is 4.99 Å². The Labute approximate surface area is 182 Å². The van der Waals surface area contributed by atoms with Crippen LogP contribution in [0.5, 0.6) is 11.5 Å². The summed E-state index contributed by atoms with van der Waals surface area (Å²) >= 11 is 7.24. The number of carbonyl (C=O) groups excluding carboxylic acids is 1. The summed E-state index contributed by atoms with van der Waals surface area (Å²) in [7, 11) is -3.13. The Bertz CT molecular complexity index is 1150. The van der Waals surface area contributed by atoms with Crippen LogP contribution in [0.15, 0.2) is 47.5 Å². The van der Waals surface area contributed by atoms with Gasteiger partial charge in [-0.05, 0) is 29.8 Å². The second-order valence-corrected chi connectivity index (χ2v) is 11.1. The molecule has 30 heavy (non-hydrogen) atoms. The van der Waals surface area contributed by atoms with Crippen LogP contribution >= 0.6 is 23.4 Å². The normalized spacial score (nSPS) is 25.0. The van der Waals surface area contributed by atoms with E-state index in [9.17, 15) is 13.2 Å². The zero-order valence-electron chi connectivity index (χ0n) is 15.7. The van der Waals surface area contributed by atoms with Gasteiger partial charge in [0.25, 0.3) is 5.91 Å². The molecule has 10 heteroatoms. The highest BCUT2D eigenvalue weighted by atomic mass is 35.5. The predicted molar refractivity (Wildman–Crippen MR) is 116 cm³/mol. The Kier molecular flexibility index (Phi) is 4.91. The minimum Gasteiger partial charge on any atom is -0.454 e. The van der Waals surface area contributed by atoms with Crippen LogP contribution in [0, 0.1) is 0 Å². The molecule has 0 spiro atoms. The van der Waals surface area contributed by atoms with Gasteiger partial charge in [0.1, 0.15) is 0 Å². The van der Waals surface area contributed by atoms with E-state index in [-0.39, 0.29) is 41.9 Å². The van der Waals surface area contributed by atoms with Crippen molar-refractivity contribution in [1.82, 2.24) is 0 Å². The number of nitrogens with zero attached hydrogens (tertiary/aromatic N) is 2. The molecule has 0 radical (unpaired) electrons. The fraction of sp³-hybridized carbons (Fsp3) is 0.300. The van der Waals surface area contributed by atoms with Crippen LogP contribution in [0.1, 0.15) is 5.56 Å². The van der Waals surface area contributed by atoms with Crippen LogP contribution in [0.2, 0.25) is 5.02 Å². The fourth-order valence-corrected chi connectivity index (χ4v) is 7.88. The summed E-state index contributed by atoms with van der Waals surface area (Å²) in [5.41, 5.74) is 1.54. The molecule has 0 saturated carbocycles. The molecule has 0 bridgehead atoms. The van der Waals surface area contributed by atoms with Crippen LogP contribution < -0.4 is 14.4 Å². The van der Waals surface area contributed by atoms with E-state index in [0.29, 0.717) is 21.7 Å². The number of thioether (sulfide) groups is 1. The number of fused-ring (bicyclic) bond motifs is 2. The second-order valence-electron chi connectivity index (χ2n) is 7.30. The molecule has 3 heterocycles. The molecule has 2 saturated heterocycles. The third-order valence-electron chi connectivity index (χ3n) is 5.19. The smallest absolute Gasteiger partial charge is 0.252 e. The van der Waals surface area contributed by atoms with Crippen LogP contribution in [0.25, 0.3) is 0 Å². The SMILES string of the molecule is O=C(Cc1ccc(Cl)cc1)N=C1SC2CS(=O)(=O)CC2N1c1ccc2c(c1)OCO2. The molecule has 0 aliphatic carbocycles. The molecular weight excluding hydrogens is 448 g/mol. The number of sulfone groups is 1. The lowest BCUT2D eigenvalue weighted by Gasteiger charge is -2.24. The zero-order chi connectivity index (χ0) is 20.9. The molecule has 3 aliphatic rings. The number of anilines is 1. The van der Waals surface area contributed by atoms with Gasteiger partial charge in [0, 0.05) is 22.0 Å². The molecule has 2 aromatic carbocycles. The first-order valence-corrected chi connectivity index (χ1v) is 12.4. The summed E-state index contributed by atoms with van der Waals surface area (Å²) in [6.07, 6.45) is 0.143. The quantitative estimate of drug-likeness (QED) is 0.690. The second kappa shape index (κ2) is 7.47. The van der Waals surface area contributed by atoms with Gasteiger partial charge in [0.05, 0.1) is 24.0 Å². The van der Waals surface area contributed by atoms with E-state index >= 15 is 0 Å². The number of ether oxygens (including phenoxy) is 2. The highest BCUT2D eigenvalue weighted by molar-refractivity contribution is 8.16. The highest BCUT2D eigenvalue weighted by Crippen LogP contribution is 2.43. The van der Waals surface area contributed by atoms with Crippen molar-refractivity contribution in [2.24, 2.45) is 4.99 Å². The van der Waals surface area contributed by atoms with Gasteiger partial charge in [-0.25, -0.2) is 8.42 Å². The van der Waals surface area contributed by atoms with Gasteiger partial charge in [-0.15, -0.1) is 0 Å². The van der Waals surface area contributed by atoms with Gasteiger partial charge < -0.3 is 14.4 Å². The minimum absolute atomic E-state index is 0.0313. The Morgan fingerprint density at radius 2 is 1.90 bits per heavy atom. The Hall–Kier alpha value is -2.23. The van der Waals surface area contributed by atoms with E-state index in [0.717, 1.165) is 11.3 Å². The van der Waals surface area contributed by atoms with Crippen molar-refractivity contribution in [3.8, 4) is 11.5 Å². The molecule has 2 unspecified atom stereocenters. The molecule has 5 rings (SSSR count). The third kappa shape index (κ3) is 3.77. The van der Waals surface area contributed by atoms with Crippen molar-refractivity contribution in [3.05, 3.63) is 53.1 Å². The monoisotopic (exact) mass is 464 g/mol. The van der Waals surface area contributed by atoms with E-state index < -0.39 is 9.84 Å². The lowest BCUT2D eigenvalue weighted by atomic mass is 10.1. The van der Waals surface area contributed by atoms with Crippen molar-refractivity contribution in [2.45, 2.75) is 17.7 Å². The van der Waals surface area contributed by atoms with E-state index in [4.69, 9.17) is 21.1 Å². The summed E-state index contributed by atoms with van der Waals surface area (Å²) in [6, 6.07) is 12.2. The number of halogens is 1. The number of amidine groups is 1.